The van der Waals surface area contributed by atoms with E-state index in [-0.39, 0.29) is 0 Å². The second kappa shape index (κ2) is 22.2. The summed E-state index contributed by atoms with van der Waals surface area (Å²) in [7, 11) is 0. The highest BCUT2D eigenvalue weighted by molar-refractivity contribution is 7.79. The third kappa shape index (κ3) is 24.1. The Morgan fingerprint density at radius 2 is 0.720 bits per heavy atom. The predicted molar refractivity (Wildman–Crippen MR) is 114 cm³/mol. The third-order valence-electron chi connectivity index (χ3n) is 5.17. The van der Waals surface area contributed by atoms with Crippen LogP contribution in [0.25, 0.3) is 0 Å². The van der Waals surface area contributed by atoms with Gasteiger partial charge in [-0.3, -0.25) is 0 Å². The van der Waals surface area contributed by atoms with Crippen molar-refractivity contribution in [3.05, 3.63) is 0 Å². The minimum atomic E-state index is -1.58. The van der Waals surface area contributed by atoms with Crippen LogP contribution in [-0.2, 0) is 11.1 Å². The van der Waals surface area contributed by atoms with E-state index in [0.717, 1.165) is 12.8 Å². The lowest BCUT2D eigenvalue weighted by Gasteiger charge is -2.04. The van der Waals surface area contributed by atoms with Gasteiger partial charge < -0.3 is 4.55 Å². The van der Waals surface area contributed by atoms with Crippen molar-refractivity contribution in [2.24, 2.45) is 0 Å². The van der Waals surface area contributed by atoms with E-state index in [9.17, 15) is 4.21 Å². The fourth-order valence-corrected chi connectivity index (χ4v) is 3.93. The van der Waals surface area contributed by atoms with E-state index in [1.807, 2.05) is 0 Å². The average Bonchev–Trinajstić information content (AvgIpc) is 2.60. The van der Waals surface area contributed by atoms with Crippen molar-refractivity contribution in [3.63, 3.8) is 0 Å². The van der Waals surface area contributed by atoms with Crippen LogP contribution >= 0.6 is 0 Å². The summed E-state index contributed by atoms with van der Waals surface area (Å²) in [5, 5.41) is 0. The highest BCUT2D eigenvalue weighted by Gasteiger charge is 1.96. The lowest BCUT2D eigenvalue weighted by Crippen LogP contribution is -1.94. The molecule has 0 amide bonds. The number of hydrogen-bond acceptors (Lipinski definition) is 1. The molecule has 1 unspecified atom stereocenters. The van der Waals surface area contributed by atoms with Gasteiger partial charge in [0.25, 0.3) is 0 Å². The first-order valence-electron chi connectivity index (χ1n) is 11.3. The number of unbranched alkanes of at least 4 members (excludes halogenated alkanes) is 19. The molecule has 0 heterocycles. The lowest BCUT2D eigenvalue weighted by atomic mass is 10.0. The summed E-state index contributed by atoms with van der Waals surface area (Å²) >= 11 is -1.58. The molecule has 0 aliphatic rings. The summed E-state index contributed by atoms with van der Waals surface area (Å²) in [5.74, 6) is 0.457. The topological polar surface area (TPSA) is 37.3 Å². The molecule has 3 heteroatoms. The second-order valence-corrected chi connectivity index (χ2v) is 8.79. The van der Waals surface area contributed by atoms with E-state index in [4.69, 9.17) is 4.55 Å². The molecule has 0 saturated carbocycles. The van der Waals surface area contributed by atoms with Crippen molar-refractivity contribution < 1.29 is 8.76 Å². The molecule has 0 radical (unpaired) electrons. The van der Waals surface area contributed by atoms with Crippen LogP contribution in [0.2, 0.25) is 0 Å². The highest BCUT2D eigenvalue weighted by atomic mass is 32.2. The Morgan fingerprint density at radius 1 is 0.480 bits per heavy atom. The molecule has 152 valence electrons. The Balaban J connectivity index is 2.97. The first-order chi connectivity index (χ1) is 12.3. The molecule has 1 N–H and O–H groups in total. The zero-order chi connectivity index (χ0) is 18.4. The first kappa shape index (κ1) is 25.1. The van der Waals surface area contributed by atoms with Crippen LogP contribution in [0.4, 0.5) is 0 Å². The minimum absolute atomic E-state index is 0.457. The standard InChI is InChI=1S/C22H46O2S/c1-2-3-4-5-6-7-8-9-10-11-12-13-14-15-16-17-18-19-20-21-22-25(23)24/h2-22H2,1H3,(H,23,24). The molecule has 2 nitrogen and oxygen atoms in total. The van der Waals surface area contributed by atoms with Crippen molar-refractivity contribution in [3.8, 4) is 0 Å². The van der Waals surface area contributed by atoms with Gasteiger partial charge in [-0.2, -0.15) is 0 Å². The van der Waals surface area contributed by atoms with E-state index in [1.54, 1.807) is 0 Å². The van der Waals surface area contributed by atoms with Crippen LogP contribution in [0.1, 0.15) is 135 Å². The van der Waals surface area contributed by atoms with E-state index in [1.165, 1.54) is 116 Å². The normalized spacial score (nSPS) is 12.6. The highest BCUT2D eigenvalue weighted by Crippen LogP contribution is 2.14. The fourth-order valence-electron chi connectivity index (χ4n) is 3.48. The predicted octanol–water partition coefficient (Wildman–Crippen LogP) is 8.03. The van der Waals surface area contributed by atoms with E-state index in [0.29, 0.717) is 5.75 Å². The molecule has 0 aliphatic carbocycles. The third-order valence-corrected chi connectivity index (χ3v) is 5.81. The maximum Gasteiger partial charge on any atom is 0.152 e. The summed E-state index contributed by atoms with van der Waals surface area (Å²) in [6, 6.07) is 0. The van der Waals surface area contributed by atoms with Crippen LogP contribution in [0.3, 0.4) is 0 Å². The van der Waals surface area contributed by atoms with Gasteiger partial charge in [-0.25, -0.2) is 4.21 Å². The quantitative estimate of drug-likeness (QED) is 0.163. The number of hydrogen-bond donors (Lipinski definition) is 1. The second-order valence-electron chi connectivity index (χ2n) is 7.74. The zero-order valence-corrected chi connectivity index (χ0v) is 17.9. The molecule has 0 saturated heterocycles. The Hall–Kier alpha value is 0.110. The minimum Gasteiger partial charge on any atom is -0.306 e. The van der Waals surface area contributed by atoms with Crippen LogP contribution in [-0.4, -0.2) is 14.5 Å². The number of rotatable bonds is 21. The molecular weight excluding hydrogens is 328 g/mol. The molecule has 0 bridgehead atoms. The molecule has 25 heavy (non-hydrogen) atoms. The van der Waals surface area contributed by atoms with Gasteiger partial charge in [0, 0.05) is 5.75 Å². The van der Waals surface area contributed by atoms with Gasteiger partial charge in [0.05, 0.1) is 0 Å². The lowest BCUT2D eigenvalue weighted by molar-refractivity contribution is 0.522. The van der Waals surface area contributed by atoms with Gasteiger partial charge in [-0.1, -0.05) is 129 Å². The van der Waals surface area contributed by atoms with Gasteiger partial charge in [0.15, 0.2) is 11.1 Å². The Morgan fingerprint density at radius 3 is 0.960 bits per heavy atom. The van der Waals surface area contributed by atoms with E-state index >= 15 is 0 Å². The van der Waals surface area contributed by atoms with E-state index < -0.39 is 11.1 Å². The maximum atomic E-state index is 10.5. The van der Waals surface area contributed by atoms with Gasteiger partial charge in [-0.05, 0) is 6.42 Å². The van der Waals surface area contributed by atoms with Crippen LogP contribution in [0.5, 0.6) is 0 Å². The van der Waals surface area contributed by atoms with Gasteiger partial charge in [0.2, 0.25) is 0 Å². The molecule has 0 aromatic rings. The molecule has 0 rings (SSSR count). The summed E-state index contributed by atoms with van der Waals surface area (Å²) < 4.78 is 19.2. The van der Waals surface area contributed by atoms with E-state index in [2.05, 4.69) is 6.92 Å². The van der Waals surface area contributed by atoms with Crippen molar-refractivity contribution in [1.29, 1.82) is 0 Å². The van der Waals surface area contributed by atoms with Gasteiger partial charge >= 0.3 is 0 Å². The zero-order valence-electron chi connectivity index (χ0n) is 17.1. The molecule has 0 aliphatic heterocycles. The van der Waals surface area contributed by atoms with Crippen molar-refractivity contribution in [2.75, 3.05) is 5.75 Å². The monoisotopic (exact) mass is 374 g/mol. The van der Waals surface area contributed by atoms with Crippen LogP contribution in [0, 0.1) is 0 Å². The Kier molecular flexibility index (Phi) is 22.2. The summed E-state index contributed by atoms with van der Waals surface area (Å²) in [4.78, 5) is 0. The molecule has 0 spiro atoms. The SMILES string of the molecule is CCCCCCCCCCCCCCCCCCCCCCS(=O)O. The van der Waals surface area contributed by atoms with Crippen LogP contribution < -0.4 is 0 Å². The van der Waals surface area contributed by atoms with Crippen LogP contribution in [0.15, 0.2) is 0 Å². The summed E-state index contributed by atoms with van der Waals surface area (Å²) in [6.45, 7) is 2.29. The molecular formula is C22H46O2S. The molecule has 1 atom stereocenters. The average molecular weight is 375 g/mol. The Labute approximate surface area is 161 Å². The van der Waals surface area contributed by atoms with Crippen molar-refractivity contribution in [2.45, 2.75) is 135 Å². The fraction of sp³-hybridized carbons (Fsp3) is 1.00. The van der Waals surface area contributed by atoms with Gasteiger partial charge in [0.1, 0.15) is 0 Å². The smallest absolute Gasteiger partial charge is 0.152 e. The molecule has 0 aromatic carbocycles. The van der Waals surface area contributed by atoms with Crippen molar-refractivity contribution in [1.82, 2.24) is 0 Å². The maximum absolute atomic E-state index is 10.5. The molecule has 0 fully saturated rings. The first-order valence-corrected chi connectivity index (χ1v) is 12.6. The van der Waals surface area contributed by atoms with Gasteiger partial charge in [-0.15, -0.1) is 0 Å². The summed E-state index contributed by atoms with van der Waals surface area (Å²) in [6.07, 6.45) is 27.4. The largest absolute Gasteiger partial charge is 0.306 e. The summed E-state index contributed by atoms with van der Waals surface area (Å²) in [5.41, 5.74) is 0. The van der Waals surface area contributed by atoms with Crippen molar-refractivity contribution >= 4 is 11.1 Å². The molecule has 0 aromatic heterocycles. The Bertz CT molecular complexity index is 269.